The Balaban J connectivity index is 2.62. The highest BCUT2D eigenvalue weighted by Gasteiger charge is 2.19. The Morgan fingerprint density at radius 1 is 1.58 bits per heavy atom. The van der Waals surface area contributed by atoms with Gasteiger partial charge in [0.25, 0.3) is 0 Å². The largest absolute Gasteiger partial charge is 0.480 e. The molecule has 106 valence electrons. The first-order chi connectivity index (χ1) is 8.93. The molecule has 0 aliphatic rings. The van der Waals surface area contributed by atoms with Gasteiger partial charge in [-0.3, -0.25) is 4.79 Å². The summed E-state index contributed by atoms with van der Waals surface area (Å²) in [6.07, 6.45) is 0.714. The van der Waals surface area contributed by atoms with Gasteiger partial charge in [0.15, 0.2) is 0 Å². The van der Waals surface area contributed by atoms with Gasteiger partial charge >= 0.3 is 12.0 Å². The Labute approximate surface area is 116 Å². The average molecular weight is 285 g/mol. The summed E-state index contributed by atoms with van der Waals surface area (Å²) in [5, 5.41) is 14.3. The van der Waals surface area contributed by atoms with Gasteiger partial charge in [0.05, 0.1) is 6.04 Å². The standard InChI is InChI=1S/C12H19N3O3S/c1-4-5-15(6-10(16)17)12(18)14-9(3)11-13-8(2)7-19-11/h7,9H,4-6H2,1-3H3,(H,14,18)(H,16,17). The van der Waals surface area contributed by atoms with Crippen LogP contribution in [0.2, 0.25) is 0 Å². The number of carboxylic acids is 1. The molecule has 7 heteroatoms. The summed E-state index contributed by atoms with van der Waals surface area (Å²) < 4.78 is 0. The van der Waals surface area contributed by atoms with Crippen LogP contribution in [0, 0.1) is 6.92 Å². The van der Waals surface area contributed by atoms with E-state index in [4.69, 9.17) is 5.11 Å². The van der Waals surface area contributed by atoms with E-state index in [1.165, 1.54) is 16.2 Å². The van der Waals surface area contributed by atoms with Gasteiger partial charge in [0, 0.05) is 17.6 Å². The topological polar surface area (TPSA) is 82.5 Å². The van der Waals surface area contributed by atoms with Crippen molar-refractivity contribution in [2.75, 3.05) is 13.1 Å². The minimum absolute atomic E-state index is 0.223. The molecule has 1 aromatic heterocycles. The number of aryl methyl sites for hydroxylation is 1. The lowest BCUT2D eigenvalue weighted by molar-refractivity contribution is -0.137. The quantitative estimate of drug-likeness (QED) is 0.837. The number of thiazole rings is 1. The predicted octanol–water partition coefficient (Wildman–Crippen LogP) is 2.02. The number of carbonyl (C=O) groups is 2. The number of aromatic nitrogens is 1. The molecule has 2 N–H and O–H groups in total. The van der Waals surface area contributed by atoms with Gasteiger partial charge in [0.1, 0.15) is 11.6 Å². The SMILES string of the molecule is CCCN(CC(=O)O)C(=O)NC(C)c1nc(C)cs1. The lowest BCUT2D eigenvalue weighted by atomic mass is 10.3. The number of hydrogen-bond donors (Lipinski definition) is 2. The molecule has 2 amide bonds. The molecular formula is C12H19N3O3S. The van der Waals surface area contributed by atoms with Crippen LogP contribution in [0.5, 0.6) is 0 Å². The van der Waals surface area contributed by atoms with Crippen molar-refractivity contribution in [2.45, 2.75) is 33.2 Å². The summed E-state index contributed by atoms with van der Waals surface area (Å²) >= 11 is 1.48. The second-order valence-corrected chi connectivity index (χ2v) is 5.20. The van der Waals surface area contributed by atoms with Crippen molar-refractivity contribution in [1.82, 2.24) is 15.2 Å². The maximum atomic E-state index is 12.0. The van der Waals surface area contributed by atoms with Crippen molar-refractivity contribution in [2.24, 2.45) is 0 Å². The number of nitrogens with one attached hydrogen (secondary N) is 1. The monoisotopic (exact) mass is 285 g/mol. The van der Waals surface area contributed by atoms with E-state index in [9.17, 15) is 9.59 Å². The summed E-state index contributed by atoms with van der Waals surface area (Å²) in [4.78, 5) is 28.3. The third-order valence-corrected chi connectivity index (χ3v) is 3.60. The highest BCUT2D eigenvalue weighted by atomic mass is 32.1. The average Bonchev–Trinajstić information content (AvgIpc) is 2.74. The van der Waals surface area contributed by atoms with Crippen LogP contribution in [-0.4, -0.2) is 40.1 Å². The van der Waals surface area contributed by atoms with Crippen molar-refractivity contribution in [3.63, 3.8) is 0 Å². The molecule has 19 heavy (non-hydrogen) atoms. The molecule has 1 aromatic rings. The molecule has 1 unspecified atom stereocenters. The van der Waals surface area contributed by atoms with Crippen LogP contribution in [0.4, 0.5) is 4.79 Å². The molecule has 6 nitrogen and oxygen atoms in total. The fraction of sp³-hybridized carbons (Fsp3) is 0.583. The minimum Gasteiger partial charge on any atom is -0.480 e. The second kappa shape index (κ2) is 7.08. The van der Waals surface area contributed by atoms with Gasteiger partial charge in [0.2, 0.25) is 0 Å². The molecule has 0 bridgehead atoms. The maximum Gasteiger partial charge on any atom is 0.323 e. The molecule has 0 aromatic carbocycles. The van der Waals surface area contributed by atoms with Crippen LogP contribution in [0.15, 0.2) is 5.38 Å². The molecular weight excluding hydrogens is 266 g/mol. The lowest BCUT2D eigenvalue weighted by Gasteiger charge is -2.22. The number of aliphatic carboxylic acids is 1. The van der Waals surface area contributed by atoms with Gasteiger partial charge in [-0.1, -0.05) is 6.92 Å². The Hall–Kier alpha value is -1.63. The van der Waals surface area contributed by atoms with Crippen LogP contribution >= 0.6 is 11.3 Å². The number of hydrogen-bond acceptors (Lipinski definition) is 4. The van der Waals surface area contributed by atoms with Crippen molar-refractivity contribution < 1.29 is 14.7 Å². The first-order valence-corrected chi connectivity index (χ1v) is 7.01. The summed E-state index contributed by atoms with van der Waals surface area (Å²) in [5.74, 6) is -1.01. The maximum absolute atomic E-state index is 12.0. The van der Waals surface area contributed by atoms with E-state index in [2.05, 4.69) is 10.3 Å². The third kappa shape index (κ3) is 4.86. The van der Waals surface area contributed by atoms with Crippen molar-refractivity contribution >= 4 is 23.3 Å². The Bertz CT molecular complexity index is 447. The van der Waals surface area contributed by atoms with Crippen molar-refractivity contribution in [3.05, 3.63) is 16.1 Å². The summed E-state index contributed by atoms with van der Waals surface area (Å²) in [6.45, 7) is 5.75. The van der Waals surface area contributed by atoms with E-state index in [1.54, 1.807) is 0 Å². The summed E-state index contributed by atoms with van der Waals surface area (Å²) in [6, 6.07) is -0.594. The summed E-state index contributed by atoms with van der Waals surface area (Å²) in [7, 11) is 0. The highest BCUT2D eigenvalue weighted by molar-refractivity contribution is 7.09. The van der Waals surface area contributed by atoms with Crippen LogP contribution in [0.25, 0.3) is 0 Å². The normalized spacial score (nSPS) is 11.9. The van der Waals surface area contributed by atoms with Crippen LogP contribution < -0.4 is 5.32 Å². The van der Waals surface area contributed by atoms with Crippen molar-refractivity contribution in [3.8, 4) is 0 Å². The Morgan fingerprint density at radius 3 is 2.74 bits per heavy atom. The van der Waals surface area contributed by atoms with E-state index < -0.39 is 5.97 Å². The molecule has 0 aliphatic heterocycles. The Kier molecular flexibility index (Phi) is 5.75. The van der Waals surface area contributed by atoms with E-state index in [0.717, 1.165) is 10.7 Å². The zero-order valence-corrected chi connectivity index (χ0v) is 12.2. The number of carbonyl (C=O) groups excluding carboxylic acids is 1. The molecule has 0 saturated heterocycles. The van der Waals surface area contributed by atoms with E-state index in [0.29, 0.717) is 13.0 Å². The van der Waals surface area contributed by atoms with Gasteiger partial charge in [-0.25, -0.2) is 9.78 Å². The molecule has 1 heterocycles. The van der Waals surface area contributed by atoms with Crippen LogP contribution in [0.3, 0.4) is 0 Å². The molecule has 0 radical (unpaired) electrons. The predicted molar refractivity (Wildman–Crippen MR) is 73.3 cm³/mol. The van der Waals surface area contributed by atoms with Crippen LogP contribution in [0.1, 0.15) is 37.0 Å². The molecule has 1 rings (SSSR count). The molecule has 0 fully saturated rings. The summed E-state index contributed by atoms with van der Waals surface area (Å²) in [5.41, 5.74) is 0.914. The van der Waals surface area contributed by atoms with Gasteiger partial charge in [-0.2, -0.15) is 0 Å². The first-order valence-electron chi connectivity index (χ1n) is 6.13. The molecule has 0 spiro atoms. The van der Waals surface area contributed by atoms with Gasteiger partial charge in [-0.05, 0) is 20.3 Å². The van der Waals surface area contributed by atoms with Crippen molar-refractivity contribution in [1.29, 1.82) is 0 Å². The molecule has 0 saturated carbocycles. The fourth-order valence-electron chi connectivity index (χ4n) is 1.59. The Morgan fingerprint density at radius 2 is 2.26 bits per heavy atom. The minimum atomic E-state index is -1.01. The molecule has 1 atom stereocenters. The number of amides is 2. The smallest absolute Gasteiger partial charge is 0.323 e. The van der Waals surface area contributed by atoms with Gasteiger partial charge < -0.3 is 15.3 Å². The van der Waals surface area contributed by atoms with Gasteiger partial charge in [-0.15, -0.1) is 11.3 Å². The second-order valence-electron chi connectivity index (χ2n) is 4.31. The third-order valence-electron chi connectivity index (χ3n) is 2.45. The number of rotatable bonds is 6. The number of urea groups is 1. The highest BCUT2D eigenvalue weighted by Crippen LogP contribution is 2.17. The number of nitrogens with zero attached hydrogens (tertiary/aromatic N) is 2. The van der Waals surface area contributed by atoms with E-state index in [-0.39, 0.29) is 18.6 Å². The fourth-order valence-corrected chi connectivity index (χ4v) is 2.40. The zero-order chi connectivity index (χ0) is 14.4. The van der Waals surface area contributed by atoms with Crippen LogP contribution in [-0.2, 0) is 4.79 Å². The molecule has 0 aliphatic carbocycles. The zero-order valence-electron chi connectivity index (χ0n) is 11.3. The number of carboxylic acid groups (broad SMARTS) is 1. The lowest BCUT2D eigenvalue weighted by Crippen LogP contribution is -2.43. The first kappa shape index (κ1) is 15.4. The van der Waals surface area contributed by atoms with E-state index >= 15 is 0 Å². The van der Waals surface area contributed by atoms with E-state index in [1.807, 2.05) is 26.2 Å².